The molecule has 1 aliphatic heterocycles. The molecule has 2 fully saturated rings. The van der Waals surface area contributed by atoms with Crippen LogP contribution in [0.3, 0.4) is 0 Å². The summed E-state index contributed by atoms with van der Waals surface area (Å²) in [7, 11) is -2.88. The molecule has 1 atom stereocenters. The Morgan fingerprint density at radius 3 is 2.69 bits per heavy atom. The van der Waals surface area contributed by atoms with Crippen LogP contribution in [-0.2, 0) is 19.4 Å². The Labute approximate surface area is 186 Å². The molecule has 1 aromatic heterocycles. The average molecular weight is 456 g/mol. The largest absolute Gasteiger partial charge is 0.492 e. The fourth-order valence-corrected chi connectivity index (χ4v) is 5.96. The number of benzene rings is 2. The molecule has 7 nitrogen and oxygen atoms in total. The number of ketones is 2. The van der Waals surface area contributed by atoms with E-state index in [-0.39, 0.29) is 35.4 Å². The van der Waals surface area contributed by atoms with Gasteiger partial charge in [-0.2, -0.15) is 0 Å². The first-order valence-corrected chi connectivity index (χ1v) is 12.8. The van der Waals surface area contributed by atoms with Gasteiger partial charge in [0.1, 0.15) is 29.5 Å². The minimum absolute atomic E-state index is 0.00302. The lowest BCUT2D eigenvalue weighted by Gasteiger charge is -2.26. The van der Waals surface area contributed by atoms with Crippen LogP contribution in [0.25, 0.3) is 21.7 Å². The highest BCUT2D eigenvalue weighted by Gasteiger charge is 2.31. The predicted molar refractivity (Wildman–Crippen MR) is 121 cm³/mol. The lowest BCUT2D eigenvalue weighted by Crippen LogP contribution is -2.42. The van der Waals surface area contributed by atoms with Gasteiger partial charge in [-0.1, -0.05) is 6.07 Å². The second-order valence-corrected chi connectivity index (χ2v) is 10.9. The molecule has 5 rings (SSSR count). The van der Waals surface area contributed by atoms with Crippen LogP contribution in [0.2, 0.25) is 0 Å². The van der Waals surface area contributed by atoms with Crippen molar-refractivity contribution in [2.24, 2.45) is 0 Å². The number of hydrogen-bond acceptors (Lipinski definition) is 7. The molecule has 168 valence electrons. The van der Waals surface area contributed by atoms with Crippen LogP contribution >= 0.6 is 0 Å². The molecule has 32 heavy (non-hydrogen) atoms. The van der Waals surface area contributed by atoms with Gasteiger partial charge in [0, 0.05) is 42.9 Å². The fourth-order valence-electron chi connectivity index (χ4n) is 4.68. The van der Waals surface area contributed by atoms with E-state index in [4.69, 9.17) is 9.15 Å². The van der Waals surface area contributed by atoms with E-state index >= 15 is 0 Å². The van der Waals surface area contributed by atoms with E-state index in [9.17, 15) is 18.0 Å². The Kier molecular flexibility index (Phi) is 5.51. The first kappa shape index (κ1) is 21.2. The summed E-state index contributed by atoms with van der Waals surface area (Å²) in [5, 5.41) is 2.90. The molecular weight excluding hydrogens is 430 g/mol. The third kappa shape index (κ3) is 4.17. The summed E-state index contributed by atoms with van der Waals surface area (Å²) in [5.41, 5.74) is 1.59. The molecule has 1 aliphatic carbocycles. The summed E-state index contributed by atoms with van der Waals surface area (Å²) < 4.78 is 34.8. The predicted octanol–water partition coefficient (Wildman–Crippen LogP) is 3.10. The molecule has 0 N–H and O–H groups in total. The monoisotopic (exact) mass is 455 g/mol. The fraction of sp³-hybridized carbons (Fsp3) is 0.417. The third-order valence-corrected chi connectivity index (χ3v) is 8.12. The van der Waals surface area contributed by atoms with Crippen LogP contribution in [0.15, 0.2) is 41.0 Å². The normalized spacial score (nSPS) is 21.9. The summed E-state index contributed by atoms with van der Waals surface area (Å²) in [5.74, 6) is 0.839. The van der Waals surface area contributed by atoms with Crippen LogP contribution in [0.4, 0.5) is 0 Å². The lowest BCUT2D eigenvalue weighted by molar-refractivity contribution is -0.130. The Morgan fingerprint density at radius 2 is 1.91 bits per heavy atom. The van der Waals surface area contributed by atoms with Crippen molar-refractivity contribution in [2.45, 2.75) is 25.2 Å². The van der Waals surface area contributed by atoms with Gasteiger partial charge < -0.3 is 9.15 Å². The molecule has 1 saturated heterocycles. The molecule has 1 saturated carbocycles. The van der Waals surface area contributed by atoms with E-state index in [2.05, 4.69) is 4.90 Å². The number of hydrogen-bond donors (Lipinski definition) is 0. The molecule has 8 heteroatoms. The Hall–Kier alpha value is -2.71. The second-order valence-electron chi connectivity index (χ2n) is 8.63. The van der Waals surface area contributed by atoms with Gasteiger partial charge in [-0.15, -0.1) is 0 Å². The van der Waals surface area contributed by atoms with E-state index in [1.54, 1.807) is 6.26 Å². The van der Waals surface area contributed by atoms with Crippen molar-refractivity contribution in [3.63, 3.8) is 0 Å². The van der Waals surface area contributed by atoms with Crippen molar-refractivity contribution in [3.05, 3.63) is 42.2 Å². The Bertz CT molecular complexity index is 1290. The molecule has 0 amide bonds. The maximum absolute atomic E-state index is 12.5. The highest BCUT2D eigenvalue weighted by atomic mass is 32.2. The van der Waals surface area contributed by atoms with Crippen molar-refractivity contribution in [1.29, 1.82) is 0 Å². The number of Topliss-reactive ketones (excluding diaryl/α,β-unsaturated/α-hetero) is 2. The number of nitrogens with zero attached hydrogens (tertiary/aromatic N) is 1. The minimum Gasteiger partial charge on any atom is -0.492 e. The van der Waals surface area contributed by atoms with Gasteiger partial charge in [-0.25, -0.2) is 8.42 Å². The number of furan rings is 1. The number of rotatable bonds is 5. The maximum Gasteiger partial charge on any atom is 0.152 e. The Morgan fingerprint density at radius 1 is 1.09 bits per heavy atom. The van der Waals surface area contributed by atoms with E-state index in [1.807, 2.05) is 30.3 Å². The van der Waals surface area contributed by atoms with Crippen molar-refractivity contribution in [2.75, 3.05) is 37.7 Å². The summed E-state index contributed by atoms with van der Waals surface area (Å²) in [4.78, 5) is 26.2. The molecule has 3 aromatic rings. The SMILES string of the molecule is O=C1CC[C@H](c2coc3ccc4cc(OCCN5CCS(=O)(=O)CC5)ccc4c23)C(=O)C1. The number of carbonyl (C=O) groups excluding carboxylic acids is 2. The number of ether oxygens (including phenoxy) is 1. The molecule has 0 unspecified atom stereocenters. The minimum atomic E-state index is -2.88. The topological polar surface area (TPSA) is 93.9 Å². The van der Waals surface area contributed by atoms with E-state index in [0.29, 0.717) is 39.1 Å². The summed E-state index contributed by atoms with van der Waals surface area (Å²) >= 11 is 0. The highest BCUT2D eigenvalue weighted by Crippen LogP contribution is 2.38. The van der Waals surface area contributed by atoms with Gasteiger partial charge in [0.05, 0.1) is 24.2 Å². The first-order chi connectivity index (χ1) is 15.4. The van der Waals surface area contributed by atoms with Crippen LogP contribution in [0.5, 0.6) is 5.75 Å². The molecule has 0 spiro atoms. The molecule has 0 bridgehead atoms. The van der Waals surface area contributed by atoms with Crippen LogP contribution in [0, 0.1) is 0 Å². The van der Waals surface area contributed by atoms with E-state index < -0.39 is 9.84 Å². The first-order valence-electron chi connectivity index (χ1n) is 10.9. The van der Waals surface area contributed by atoms with Crippen LogP contribution < -0.4 is 4.74 Å². The zero-order valence-electron chi connectivity index (χ0n) is 17.7. The number of fused-ring (bicyclic) bond motifs is 3. The quantitative estimate of drug-likeness (QED) is 0.546. The molecule has 0 radical (unpaired) electrons. The molecule has 2 heterocycles. The molecule has 2 aromatic carbocycles. The summed E-state index contributed by atoms with van der Waals surface area (Å²) in [6, 6.07) is 9.74. The molecule has 2 aliphatic rings. The third-order valence-electron chi connectivity index (χ3n) is 6.52. The van der Waals surface area contributed by atoms with Crippen LogP contribution in [0.1, 0.15) is 30.7 Å². The van der Waals surface area contributed by atoms with Crippen molar-refractivity contribution >= 4 is 43.1 Å². The van der Waals surface area contributed by atoms with Gasteiger partial charge in [0.15, 0.2) is 9.84 Å². The van der Waals surface area contributed by atoms with E-state index in [0.717, 1.165) is 33.1 Å². The smallest absolute Gasteiger partial charge is 0.152 e. The Balaban J connectivity index is 1.34. The molecular formula is C24H25NO6S. The van der Waals surface area contributed by atoms with Gasteiger partial charge in [-0.3, -0.25) is 14.5 Å². The number of sulfone groups is 1. The van der Waals surface area contributed by atoms with Crippen molar-refractivity contribution in [3.8, 4) is 5.75 Å². The summed E-state index contributed by atoms with van der Waals surface area (Å²) in [6.45, 7) is 2.27. The van der Waals surface area contributed by atoms with Crippen molar-refractivity contribution in [1.82, 2.24) is 4.90 Å². The van der Waals surface area contributed by atoms with Crippen LogP contribution in [-0.4, -0.2) is 62.6 Å². The van der Waals surface area contributed by atoms with Gasteiger partial charge in [0.2, 0.25) is 0 Å². The highest BCUT2D eigenvalue weighted by molar-refractivity contribution is 7.91. The maximum atomic E-state index is 12.5. The van der Waals surface area contributed by atoms with Gasteiger partial charge >= 0.3 is 0 Å². The average Bonchev–Trinajstić information content (AvgIpc) is 3.19. The number of carbonyl (C=O) groups is 2. The summed E-state index contributed by atoms with van der Waals surface area (Å²) in [6.07, 6.45) is 2.62. The zero-order valence-corrected chi connectivity index (χ0v) is 18.5. The standard InChI is InChI=1S/C24H25NO6S/c26-17-2-4-20(22(27)14-17)21-15-31-23-6-1-16-13-18(3-5-19(16)24(21)23)30-10-7-25-8-11-32(28,29)12-9-25/h1,3,5-6,13,15,20H,2,4,7-12,14H2/t20-/m1/s1. The second kappa shape index (κ2) is 8.33. The zero-order chi connectivity index (χ0) is 22.3. The lowest BCUT2D eigenvalue weighted by atomic mass is 9.81. The van der Waals surface area contributed by atoms with E-state index in [1.165, 1.54) is 0 Å². The van der Waals surface area contributed by atoms with Crippen molar-refractivity contribution < 1.29 is 27.2 Å². The van der Waals surface area contributed by atoms with Gasteiger partial charge in [0.25, 0.3) is 0 Å². The van der Waals surface area contributed by atoms with Gasteiger partial charge in [-0.05, 0) is 41.5 Å².